The fraction of sp³-hybridized carbons (Fsp3) is 0.286. The van der Waals surface area contributed by atoms with Crippen molar-refractivity contribution in [3.8, 4) is 5.75 Å². The smallest absolute Gasteiger partial charge is 0.288 e. The number of carbonyl (C=O) groups excluding carboxylic acids is 1. The Morgan fingerprint density at radius 1 is 1.19 bits per heavy atom. The first-order valence-electron chi connectivity index (χ1n) is 9.78. The number of rotatable bonds is 10. The number of hydrogen-bond donors (Lipinski definition) is 1. The monoisotopic (exact) mass is 496 g/mol. The second-order valence-electron chi connectivity index (χ2n) is 6.96. The number of hydrogen-bond acceptors (Lipinski definition) is 6. The van der Waals surface area contributed by atoms with Crippen LogP contribution < -0.4 is 10.1 Å². The molecule has 1 N–H and O–H groups in total. The number of para-hydroxylation sites is 1. The first-order valence-corrected chi connectivity index (χ1v) is 12.0. The average Bonchev–Trinajstić information content (AvgIpc) is 3.52. The fourth-order valence-corrected chi connectivity index (χ4v) is 4.47. The maximum Gasteiger partial charge on any atom is 0.288 e. The van der Waals surface area contributed by atoms with Crippen LogP contribution in [0, 0.1) is 0 Å². The van der Waals surface area contributed by atoms with Gasteiger partial charge in [0.05, 0.1) is 10.8 Å². The average molecular weight is 497 g/mol. The van der Waals surface area contributed by atoms with Crippen molar-refractivity contribution in [1.82, 2.24) is 14.8 Å². The van der Waals surface area contributed by atoms with E-state index in [1.165, 1.54) is 11.8 Å². The van der Waals surface area contributed by atoms with Gasteiger partial charge in [0.1, 0.15) is 12.4 Å². The zero-order chi connectivity index (χ0) is 22.5. The molecule has 0 unspecified atom stereocenters. The molecule has 1 aliphatic carbocycles. The second-order valence-corrected chi connectivity index (χ2v) is 9.37. The highest BCUT2D eigenvalue weighted by Gasteiger charge is 2.30. The van der Waals surface area contributed by atoms with E-state index in [0.29, 0.717) is 50.1 Å². The van der Waals surface area contributed by atoms with E-state index >= 15 is 0 Å². The van der Waals surface area contributed by atoms with E-state index in [2.05, 4.69) is 15.5 Å². The molecule has 1 amide bonds. The van der Waals surface area contributed by atoms with Gasteiger partial charge in [0.2, 0.25) is 5.91 Å². The predicted octanol–water partition coefficient (Wildman–Crippen LogP) is 5.89. The molecule has 0 atom stereocenters. The van der Waals surface area contributed by atoms with Gasteiger partial charge in [0, 0.05) is 16.6 Å². The summed E-state index contributed by atoms with van der Waals surface area (Å²) in [7, 11) is 0. The molecular weight excluding hydrogens is 478 g/mol. The molecule has 11 heteroatoms. The van der Waals surface area contributed by atoms with E-state index in [-0.39, 0.29) is 18.3 Å². The third-order valence-corrected chi connectivity index (χ3v) is 6.51. The minimum absolute atomic E-state index is 0.143. The Kier molecular flexibility index (Phi) is 7.54. The number of thioether (sulfide) groups is 2. The highest BCUT2D eigenvalue weighted by molar-refractivity contribution is 8.00. The van der Waals surface area contributed by atoms with Crippen molar-refractivity contribution in [3.05, 3.63) is 59.4 Å². The molecular formula is C21H19ClF2N4O2S2. The lowest BCUT2D eigenvalue weighted by Gasteiger charge is -2.11. The highest BCUT2D eigenvalue weighted by atomic mass is 35.5. The Morgan fingerprint density at radius 2 is 1.94 bits per heavy atom. The first kappa shape index (κ1) is 22.9. The molecule has 0 radical (unpaired) electrons. The van der Waals surface area contributed by atoms with E-state index < -0.39 is 5.76 Å². The third kappa shape index (κ3) is 6.14. The molecule has 1 saturated carbocycles. The minimum atomic E-state index is -2.48. The first-order chi connectivity index (χ1) is 15.5. The third-order valence-electron chi connectivity index (χ3n) is 4.54. The number of benzene rings is 2. The minimum Gasteiger partial charge on any atom is -0.484 e. The predicted molar refractivity (Wildman–Crippen MR) is 122 cm³/mol. The molecule has 0 bridgehead atoms. The Balaban J connectivity index is 1.34. The Morgan fingerprint density at radius 3 is 2.62 bits per heavy atom. The SMILES string of the molecule is O=C(CSc1nnc(COc2ccccc2Cl)n1C1CC1)Nc1ccc(SC(F)F)cc1. The van der Waals surface area contributed by atoms with Crippen LogP contribution in [-0.4, -0.2) is 32.2 Å². The van der Waals surface area contributed by atoms with Crippen LogP contribution in [0.25, 0.3) is 0 Å². The molecule has 1 aromatic heterocycles. The van der Waals surface area contributed by atoms with Crippen molar-refractivity contribution >= 4 is 46.7 Å². The highest BCUT2D eigenvalue weighted by Crippen LogP contribution is 2.39. The van der Waals surface area contributed by atoms with E-state index in [0.717, 1.165) is 12.8 Å². The summed E-state index contributed by atoms with van der Waals surface area (Å²) in [6, 6.07) is 13.8. The molecule has 0 saturated heterocycles. The second kappa shape index (κ2) is 10.5. The van der Waals surface area contributed by atoms with Gasteiger partial charge in [-0.1, -0.05) is 47.3 Å². The number of nitrogens with zero attached hydrogens (tertiary/aromatic N) is 3. The van der Waals surface area contributed by atoms with Crippen molar-refractivity contribution in [2.24, 2.45) is 0 Å². The van der Waals surface area contributed by atoms with Gasteiger partial charge >= 0.3 is 0 Å². The summed E-state index contributed by atoms with van der Waals surface area (Å²) in [5.41, 5.74) is 0.548. The van der Waals surface area contributed by atoms with Crippen LogP contribution in [0.2, 0.25) is 5.02 Å². The van der Waals surface area contributed by atoms with Gasteiger partial charge in [-0.3, -0.25) is 9.36 Å². The summed E-state index contributed by atoms with van der Waals surface area (Å²) in [5.74, 6) is -1.29. The summed E-state index contributed by atoms with van der Waals surface area (Å²) < 4.78 is 32.6. The molecule has 32 heavy (non-hydrogen) atoms. The lowest BCUT2D eigenvalue weighted by Crippen LogP contribution is -2.15. The van der Waals surface area contributed by atoms with Crippen molar-refractivity contribution in [3.63, 3.8) is 0 Å². The normalized spacial score (nSPS) is 13.4. The topological polar surface area (TPSA) is 69.0 Å². The Bertz CT molecular complexity index is 1080. The summed E-state index contributed by atoms with van der Waals surface area (Å²) in [4.78, 5) is 12.8. The van der Waals surface area contributed by atoms with Crippen molar-refractivity contribution in [2.45, 2.75) is 41.3 Å². The summed E-state index contributed by atoms with van der Waals surface area (Å²) in [6.45, 7) is 0.225. The van der Waals surface area contributed by atoms with E-state index in [9.17, 15) is 13.6 Å². The summed E-state index contributed by atoms with van der Waals surface area (Å²) in [5, 5.41) is 12.4. The van der Waals surface area contributed by atoms with Crippen LogP contribution in [0.5, 0.6) is 5.75 Å². The molecule has 1 heterocycles. The van der Waals surface area contributed by atoms with Crippen molar-refractivity contribution in [1.29, 1.82) is 0 Å². The fourth-order valence-electron chi connectivity index (χ4n) is 2.95. The summed E-state index contributed by atoms with van der Waals surface area (Å²) in [6.07, 6.45) is 2.06. The lowest BCUT2D eigenvalue weighted by atomic mass is 10.3. The molecule has 0 aliphatic heterocycles. The molecule has 0 spiro atoms. The van der Waals surface area contributed by atoms with Crippen LogP contribution in [0.3, 0.4) is 0 Å². The van der Waals surface area contributed by atoms with Gasteiger partial charge in [0.15, 0.2) is 11.0 Å². The van der Waals surface area contributed by atoms with Crippen LogP contribution >= 0.6 is 35.1 Å². The molecule has 2 aromatic carbocycles. The molecule has 3 aromatic rings. The van der Waals surface area contributed by atoms with E-state index in [1.54, 1.807) is 36.4 Å². The molecule has 168 valence electrons. The van der Waals surface area contributed by atoms with Crippen LogP contribution in [0.4, 0.5) is 14.5 Å². The maximum absolute atomic E-state index is 12.4. The number of nitrogens with one attached hydrogen (secondary N) is 1. The van der Waals surface area contributed by atoms with Gasteiger partial charge in [-0.2, -0.15) is 8.78 Å². The number of carbonyl (C=O) groups is 1. The number of ether oxygens (including phenoxy) is 1. The van der Waals surface area contributed by atoms with Crippen molar-refractivity contribution < 1.29 is 18.3 Å². The molecule has 1 aliphatic rings. The largest absolute Gasteiger partial charge is 0.484 e. The quantitative estimate of drug-likeness (QED) is 0.353. The Hall–Kier alpha value is -2.30. The number of aromatic nitrogens is 3. The lowest BCUT2D eigenvalue weighted by molar-refractivity contribution is -0.113. The van der Waals surface area contributed by atoms with Crippen LogP contribution in [-0.2, 0) is 11.4 Å². The standard InChI is InChI=1S/C21H19ClF2N4O2S2/c22-16-3-1-2-4-17(16)30-11-18-26-27-21(28(18)14-7-8-14)31-12-19(29)25-13-5-9-15(10-6-13)32-20(23)24/h1-6,9-10,14,20H,7-8,11-12H2,(H,25,29). The zero-order valence-electron chi connectivity index (χ0n) is 16.7. The molecule has 6 nitrogen and oxygen atoms in total. The number of alkyl halides is 2. The van der Waals surface area contributed by atoms with Gasteiger partial charge in [-0.25, -0.2) is 0 Å². The maximum atomic E-state index is 12.4. The van der Waals surface area contributed by atoms with Gasteiger partial charge in [-0.05, 0) is 49.2 Å². The van der Waals surface area contributed by atoms with Gasteiger partial charge in [-0.15, -0.1) is 10.2 Å². The van der Waals surface area contributed by atoms with E-state index in [1.807, 2.05) is 16.7 Å². The summed E-state index contributed by atoms with van der Waals surface area (Å²) >= 11 is 7.90. The molecule has 4 rings (SSSR count). The number of anilines is 1. The zero-order valence-corrected chi connectivity index (χ0v) is 19.1. The number of halogens is 3. The van der Waals surface area contributed by atoms with Crippen LogP contribution in [0.15, 0.2) is 58.6 Å². The molecule has 1 fully saturated rings. The number of amides is 1. The van der Waals surface area contributed by atoms with E-state index in [4.69, 9.17) is 16.3 Å². The van der Waals surface area contributed by atoms with Gasteiger partial charge in [0.25, 0.3) is 5.76 Å². The van der Waals surface area contributed by atoms with Gasteiger partial charge < -0.3 is 10.1 Å². The Labute approximate surface area is 197 Å². The van der Waals surface area contributed by atoms with Crippen molar-refractivity contribution in [2.75, 3.05) is 11.1 Å². The van der Waals surface area contributed by atoms with Crippen LogP contribution in [0.1, 0.15) is 24.7 Å².